The molecule has 25 heavy (non-hydrogen) atoms. The van der Waals surface area contributed by atoms with Crippen LogP contribution in [0.1, 0.15) is 18.5 Å². The Balaban J connectivity index is 1.83. The Hall–Kier alpha value is -1.25. The molecule has 1 fully saturated rings. The van der Waals surface area contributed by atoms with Gasteiger partial charge in [0.1, 0.15) is 0 Å². The van der Waals surface area contributed by atoms with Crippen molar-refractivity contribution in [2.75, 3.05) is 40.0 Å². The third-order valence-corrected chi connectivity index (χ3v) is 6.15. The molecule has 0 aromatic carbocycles. The number of aryl methyl sites for hydroxylation is 1. The topological polar surface area (TPSA) is 69.9 Å². The number of nitrogens with zero attached hydrogens (tertiary/aromatic N) is 4. The van der Waals surface area contributed by atoms with Crippen LogP contribution in [-0.2, 0) is 23.6 Å². The highest BCUT2D eigenvalue weighted by Crippen LogP contribution is 2.18. The van der Waals surface area contributed by atoms with Gasteiger partial charge in [-0.05, 0) is 24.8 Å². The number of hydrogen-bond acceptors (Lipinski definition) is 3. The van der Waals surface area contributed by atoms with E-state index in [0.717, 1.165) is 36.1 Å². The van der Waals surface area contributed by atoms with E-state index < -0.39 is 10.0 Å². The highest BCUT2D eigenvalue weighted by Gasteiger charge is 2.25. The van der Waals surface area contributed by atoms with E-state index >= 15 is 0 Å². The van der Waals surface area contributed by atoms with Gasteiger partial charge in [-0.3, -0.25) is 4.99 Å². The fourth-order valence-electron chi connectivity index (χ4n) is 3.11. The van der Waals surface area contributed by atoms with Crippen molar-refractivity contribution in [3.8, 4) is 0 Å². The molecule has 0 atom stereocenters. The Morgan fingerprint density at radius 1 is 1.44 bits per heavy atom. The Labute approximate surface area is 155 Å². The molecule has 9 heteroatoms. The molecule has 0 amide bonds. The van der Waals surface area contributed by atoms with Gasteiger partial charge >= 0.3 is 0 Å². The van der Waals surface area contributed by atoms with Gasteiger partial charge in [0, 0.05) is 52.7 Å². The van der Waals surface area contributed by atoms with Crippen LogP contribution in [0.5, 0.6) is 0 Å². The van der Waals surface area contributed by atoms with E-state index in [1.807, 2.05) is 30.9 Å². The Kier molecular flexibility index (Phi) is 6.76. The number of hydrogen-bond donors (Lipinski definition) is 1. The normalized spacial score (nSPS) is 17.7. The zero-order chi connectivity index (χ0) is 18.6. The zero-order valence-corrected chi connectivity index (χ0v) is 16.9. The summed E-state index contributed by atoms with van der Waals surface area (Å²) >= 11 is 6.04. The molecule has 0 radical (unpaired) electrons. The van der Waals surface area contributed by atoms with Crippen molar-refractivity contribution in [2.24, 2.45) is 18.0 Å². The van der Waals surface area contributed by atoms with E-state index in [9.17, 15) is 8.42 Å². The number of aliphatic imine (C=N–C) groups is 1. The maximum absolute atomic E-state index is 11.6. The first-order valence-corrected chi connectivity index (χ1v) is 10.6. The first kappa shape index (κ1) is 20.1. The van der Waals surface area contributed by atoms with E-state index in [1.165, 1.54) is 6.26 Å². The first-order chi connectivity index (χ1) is 11.7. The molecule has 1 aliphatic heterocycles. The zero-order valence-electron chi connectivity index (χ0n) is 15.4. The summed E-state index contributed by atoms with van der Waals surface area (Å²) in [5, 5.41) is 4.13. The SMILES string of the molecule is CN=C(NCC1CCN(S(C)(=O)=O)CC1)N(C)Cc1cc(Cl)cn1C. The third-order valence-electron chi connectivity index (χ3n) is 4.64. The average Bonchev–Trinajstić information content (AvgIpc) is 2.85. The predicted octanol–water partition coefficient (Wildman–Crippen LogP) is 1.36. The summed E-state index contributed by atoms with van der Waals surface area (Å²) in [7, 11) is 2.66. The first-order valence-electron chi connectivity index (χ1n) is 8.38. The molecule has 0 unspecified atom stereocenters. The summed E-state index contributed by atoms with van der Waals surface area (Å²) in [6.45, 7) is 2.70. The van der Waals surface area contributed by atoms with Gasteiger partial charge in [-0.15, -0.1) is 0 Å². The van der Waals surface area contributed by atoms with Crippen LogP contribution in [0.4, 0.5) is 0 Å². The van der Waals surface area contributed by atoms with Gasteiger partial charge < -0.3 is 14.8 Å². The second kappa shape index (κ2) is 8.42. The van der Waals surface area contributed by atoms with E-state index in [-0.39, 0.29) is 0 Å². The van der Waals surface area contributed by atoms with Gasteiger partial charge in [0.25, 0.3) is 0 Å². The maximum Gasteiger partial charge on any atom is 0.211 e. The quantitative estimate of drug-likeness (QED) is 0.609. The molecule has 0 bridgehead atoms. The lowest BCUT2D eigenvalue weighted by Gasteiger charge is -2.31. The van der Waals surface area contributed by atoms with Crippen molar-refractivity contribution in [2.45, 2.75) is 19.4 Å². The molecule has 7 nitrogen and oxygen atoms in total. The minimum atomic E-state index is -3.07. The number of aromatic nitrogens is 1. The van der Waals surface area contributed by atoms with Crippen LogP contribution < -0.4 is 5.32 Å². The van der Waals surface area contributed by atoms with Gasteiger partial charge in [0.15, 0.2) is 5.96 Å². The van der Waals surface area contributed by atoms with Crippen LogP contribution in [-0.4, -0.2) is 68.1 Å². The number of rotatable bonds is 5. The van der Waals surface area contributed by atoms with Crippen LogP contribution in [0.2, 0.25) is 5.02 Å². The van der Waals surface area contributed by atoms with Crippen molar-refractivity contribution in [3.05, 3.63) is 23.0 Å². The van der Waals surface area contributed by atoms with Gasteiger partial charge in [-0.25, -0.2) is 12.7 Å². The lowest BCUT2D eigenvalue weighted by atomic mass is 9.98. The highest BCUT2D eigenvalue weighted by molar-refractivity contribution is 7.88. The van der Waals surface area contributed by atoms with Gasteiger partial charge in [0.05, 0.1) is 17.8 Å². The molecule has 0 spiro atoms. The second-order valence-corrected chi connectivity index (χ2v) is 9.07. The summed E-state index contributed by atoms with van der Waals surface area (Å²) in [6, 6.07) is 1.95. The van der Waals surface area contributed by atoms with Crippen molar-refractivity contribution < 1.29 is 8.42 Å². The van der Waals surface area contributed by atoms with Crippen LogP contribution in [0.15, 0.2) is 17.3 Å². The van der Waals surface area contributed by atoms with Gasteiger partial charge in [0.2, 0.25) is 10.0 Å². The molecule has 142 valence electrons. The molecule has 0 saturated carbocycles. The largest absolute Gasteiger partial charge is 0.356 e. The summed E-state index contributed by atoms with van der Waals surface area (Å²) in [5.74, 6) is 1.27. The standard InChI is InChI=1S/C16H28ClN5O2S/c1-18-16(21(3)12-15-9-14(17)11-20(15)2)19-10-13-5-7-22(8-6-13)25(4,23)24/h9,11,13H,5-8,10,12H2,1-4H3,(H,18,19). The number of piperidine rings is 1. The van der Waals surface area contributed by atoms with Crippen molar-refractivity contribution in [3.63, 3.8) is 0 Å². The minimum Gasteiger partial charge on any atom is -0.356 e. The molecule has 1 N–H and O–H groups in total. The third kappa shape index (κ3) is 5.62. The monoisotopic (exact) mass is 389 g/mol. The Bertz CT molecular complexity index is 708. The maximum atomic E-state index is 11.6. The molecule has 1 aromatic heterocycles. The van der Waals surface area contributed by atoms with Crippen molar-refractivity contribution in [1.82, 2.24) is 19.1 Å². The number of halogens is 1. The molecular formula is C16H28ClN5O2S. The van der Waals surface area contributed by atoms with E-state index in [4.69, 9.17) is 11.6 Å². The van der Waals surface area contributed by atoms with Crippen LogP contribution in [0, 0.1) is 5.92 Å². The fourth-order valence-corrected chi connectivity index (χ4v) is 4.25. The van der Waals surface area contributed by atoms with E-state index in [0.29, 0.717) is 25.6 Å². The predicted molar refractivity (Wildman–Crippen MR) is 102 cm³/mol. The second-order valence-electron chi connectivity index (χ2n) is 6.65. The summed E-state index contributed by atoms with van der Waals surface area (Å²) in [5.41, 5.74) is 1.11. The molecule has 2 rings (SSSR count). The molecule has 1 aromatic rings. The van der Waals surface area contributed by atoms with Crippen LogP contribution in [0.25, 0.3) is 0 Å². The van der Waals surface area contributed by atoms with Gasteiger partial charge in [-0.1, -0.05) is 11.6 Å². The summed E-state index contributed by atoms with van der Waals surface area (Å²) < 4.78 is 26.7. The number of sulfonamides is 1. The fraction of sp³-hybridized carbons (Fsp3) is 0.688. The lowest BCUT2D eigenvalue weighted by molar-refractivity contribution is 0.273. The smallest absolute Gasteiger partial charge is 0.211 e. The van der Waals surface area contributed by atoms with E-state index in [1.54, 1.807) is 11.4 Å². The molecule has 1 saturated heterocycles. The number of nitrogens with one attached hydrogen (secondary N) is 1. The van der Waals surface area contributed by atoms with Gasteiger partial charge in [-0.2, -0.15) is 0 Å². The van der Waals surface area contributed by atoms with Crippen LogP contribution in [0.3, 0.4) is 0 Å². The molecule has 1 aliphatic rings. The molecular weight excluding hydrogens is 362 g/mol. The average molecular weight is 390 g/mol. The Morgan fingerprint density at radius 2 is 2.08 bits per heavy atom. The molecule has 2 heterocycles. The minimum absolute atomic E-state index is 0.452. The lowest BCUT2D eigenvalue weighted by Crippen LogP contribution is -2.44. The van der Waals surface area contributed by atoms with Crippen molar-refractivity contribution >= 4 is 27.6 Å². The van der Waals surface area contributed by atoms with Crippen LogP contribution >= 0.6 is 11.6 Å². The number of guanidine groups is 1. The highest BCUT2D eigenvalue weighted by atomic mass is 35.5. The van der Waals surface area contributed by atoms with E-state index in [2.05, 4.69) is 15.2 Å². The summed E-state index contributed by atoms with van der Waals surface area (Å²) in [6.07, 6.45) is 4.90. The Morgan fingerprint density at radius 3 is 2.56 bits per heavy atom. The molecule has 0 aliphatic carbocycles. The van der Waals surface area contributed by atoms with Crippen molar-refractivity contribution in [1.29, 1.82) is 0 Å². The summed E-state index contributed by atoms with van der Waals surface area (Å²) in [4.78, 5) is 6.39.